The van der Waals surface area contributed by atoms with Gasteiger partial charge in [-0.05, 0) is 30.3 Å². The van der Waals surface area contributed by atoms with Crippen molar-refractivity contribution in [1.29, 1.82) is 0 Å². The van der Waals surface area contributed by atoms with Gasteiger partial charge in [0.2, 0.25) is 11.9 Å². The van der Waals surface area contributed by atoms with Gasteiger partial charge < -0.3 is 20.3 Å². The number of aromatic nitrogens is 2. The Morgan fingerprint density at radius 3 is 2.84 bits per heavy atom. The largest absolute Gasteiger partial charge is 0.395 e. The lowest BCUT2D eigenvalue weighted by Crippen LogP contribution is -2.21. The number of imidazole rings is 1. The van der Waals surface area contributed by atoms with Crippen molar-refractivity contribution in [3.05, 3.63) is 53.3 Å². The van der Waals surface area contributed by atoms with E-state index >= 15 is 0 Å². The zero-order valence-electron chi connectivity index (χ0n) is 13.2. The van der Waals surface area contributed by atoms with Gasteiger partial charge in [-0.1, -0.05) is 23.7 Å². The van der Waals surface area contributed by atoms with E-state index in [2.05, 4.69) is 15.6 Å². The molecule has 25 heavy (non-hydrogen) atoms. The highest BCUT2D eigenvalue weighted by Crippen LogP contribution is 2.21. The third-order valence-electron chi connectivity index (χ3n) is 3.55. The molecule has 0 radical (unpaired) electrons. The third kappa shape index (κ3) is 3.89. The minimum atomic E-state index is -0.546. The van der Waals surface area contributed by atoms with Gasteiger partial charge in [0, 0.05) is 12.2 Å². The predicted octanol–water partition coefficient (Wildman–Crippen LogP) is 2.87. The van der Waals surface area contributed by atoms with Crippen molar-refractivity contribution in [3.63, 3.8) is 0 Å². The summed E-state index contributed by atoms with van der Waals surface area (Å²) < 4.78 is 14.9. The maximum Gasteiger partial charge on any atom is 0.244 e. The summed E-state index contributed by atoms with van der Waals surface area (Å²) in [6.07, 6.45) is 0. The third-order valence-corrected chi connectivity index (χ3v) is 3.84. The van der Waals surface area contributed by atoms with Crippen molar-refractivity contribution in [3.8, 4) is 0 Å². The first-order chi connectivity index (χ1) is 12.1. The van der Waals surface area contributed by atoms with Crippen LogP contribution in [0.4, 0.5) is 16.0 Å². The van der Waals surface area contributed by atoms with Crippen molar-refractivity contribution in [2.75, 3.05) is 23.8 Å². The first kappa shape index (κ1) is 17.2. The van der Waals surface area contributed by atoms with Crippen LogP contribution in [0.3, 0.4) is 0 Å². The number of rotatable bonds is 6. The van der Waals surface area contributed by atoms with E-state index in [1.165, 1.54) is 18.2 Å². The van der Waals surface area contributed by atoms with E-state index in [1.807, 2.05) is 24.3 Å². The fourth-order valence-electron chi connectivity index (χ4n) is 2.46. The Hall–Kier alpha value is -2.64. The molecule has 0 bridgehead atoms. The minimum Gasteiger partial charge on any atom is -0.395 e. The second kappa shape index (κ2) is 7.50. The zero-order valence-corrected chi connectivity index (χ0v) is 13.9. The molecule has 1 aromatic heterocycles. The number of amides is 1. The molecule has 6 nitrogen and oxygen atoms in total. The average Bonchev–Trinajstić information content (AvgIpc) is 2.94. The highest BCUT2D eigenvalue weighted by molar-refractivity contribution is 6.31. The molecule has 3 N–H and O–H groups in total. The van der Waals surface area contributed by atoms with E-state index in [0.29, 0.717) is 18.2 Å². The molecule has 0 saturated heterocycles. The number of carbonyl (C=O) groups excluding carboxylic acids is 1. The number of benzene rings is 2. The number of aliphatic hydroxyl groups is 1. The van der Waals surface area contributed by atoms with Crippen molar-refractivity contribution >= 4 is 40.2 Å². The van der Waals surface area contributed by atoms with Crippen LogP contribution in [0.5, 0.6) is 0 Å². The smallest absolute Gasteiger partial charge is 0.244 e. The Morgan fingerprint density at radius 2 is 2.08 bits per heavy atom. The van der Waals surface area contributed by atoms with Crippen LogP contribution >= 0.6 is 11.6 Å². The van der Waals surface area contributed by atoms with Gasteiger partial charge in [-0.2, -0.15) is 0 Å². The number of para-hydroxylation sites is 2. The number of carbonyl (C=O) groups is 1. The highest BCUT2D eigenvalue weighted by atomic mass is 35.5. The number of anilines is 2. The van der Waals surface area contributed by atoms with E-state index in [4.69, 9.17) is 16.7 Å². The Kier molecular flexibility index (Phi) is 5.16. The zero-order chi connectivity index (χ0) is 17.8. The van der Waals surface area contributed by atoms with Gasteiger partial charge in [0.25, 0.3) is 0 Å². The molecule has 0 aliphatic rings. The van der Waals surface area contributed by atoms with Crippen LogP contribution in [0, 0.1) is 5.82 Å². The van der Waals surface area contributed by atoms with Gasteiger partial charge >= 0.3 is 0 Å². The Balaban J connectivity index is 1.83. The molecule has 0 fully saturated rings. The topological polar surface area (TPSA) is 79.2 Å². The molecule has 1 amide bonds. The monoisotopic (exact) mass is 362 g/mol. The fraction of sp³-hybridized carbons (Fsp3) is 0.176. The standard InChI is InChI=1S/C17H16ClFN4O2/c18-12-9-11(5-6-13(12)19)21-16(25)10-23-15-4-2-1-3-14(15)22-17(23)20-7-8-24/h1-6,9,24H,7-8,10H2,(H,20,22)(H,21,25). The average molecular weight is 363 g/mol. The second-order valence-corrected chi connectivity index (χ2v) is 5.74. The van der Waals surface area contributed by atoms with Gasteiger partial charge in [0.15, 0.2) is 0 Å². The summed E-state index contributed by atoms with van der Waals surface area (Å²) in [6.45, 7) is 0.269. The van der Waals surface area contributed by atoms with Gasteiger partial charge in [-0.3, -0.25) is 4.79 Å². The van der Waals surface area contributed by atoms with Crippen LogP contribution in [0.15, 0.2) is 42.5 Å². The summed E-state index contributed by atoms with van der Waals surface area (Å²) in [5, 5.41) is 14.6. The van der Waals surface area contributed by atoms with E-state index < -0.39 is 5.82 Å². The van der Waals surface area contributed by atoms with Crippen LogP contribution < -0.4 is 10.6 Å². The normalized spacial score (nSPS) is 10.8. The van der Waals surface area contributed by atoms with Crippen LogP contribution in [0.1, 0.15) is 0 Å². The molecule has 1 heterocycles. The summed E-state index contributed by atoms with van der Waals surface area (Å²) in [7, 11) is 0. The van der Waals surface area contributed by atoms with Crippen molar-refractivity contribution in [2.24, 2.45) is 0 Å². The van der Waals surface area contributed by atoms with Crippen LogP contribution in [-0.4, -0.2) is 33.7 Å². The Morgan fingerprint density at radius 1 is 1.28 bits per heavy atom. The lowest BCUT2D eigenvalue weighted by molar-refractivity contribution is -0.116. The molecule has 3 rings (SSSR count). The fourth-order valence-corrected chi connectivity index (χ4v) is 2.64. The van der Waals surface area contributed by atoms with Crippen LogP contribution in [-0.2, 0) is 11.3 Å². The highest BCUT2D eigenvalue weighted by Gasteiger charge is 2.14. The summed E-state index contributed by atoms with van der Waals surface area (Å²) >= 11 is 5.73. The molecule has 2 aromatic carbocycles. The lowest BCUT2D eigenvalue weighted by atomic mass is 10.3. The van der Waals surface area contributed by atoms with E-state index in [1.54, 1.807) is 4.57 Å². The number of nitrogens with one attached hydrogen (secondary N) is 2. The molecule has 8 heteroatoms. The number of hydrogen-bond donors (Lipinski definition) is 3. The summed E-state index contributed by atoms with van der Waals surface area (Å²) in [5.74, 6) is -0.365. The predicted molar refractivity (Wildman–Crippen MR) is 95.3 cm³/mol. The summed E-state index contributed by atoms with van der Waals surface area (Å²) in [5.41, 5.74) is 1.93. The van der Waals surface area contributed by atoms with Crippen molar-refractivity contribution < 1.29 is 14.3 Å². The Bertz CT molecular complexity index is 913. The minimum absolute atomic E-state index is 0.00324. The molecule has 130 valence electrons. The maximum absolute atomic E-state index is 13.2. The van der Waals surface area contributed by atoms with Gasteiger partial charge in [-0.25, -0.2) is 9.37 Å². The number of hydrogen-bond acceptors (Lipinski definition) is 4. The lowest BCUT2D eigenvalue weighted by Gasteiger charge is -2.11. The van der Waals surface area contributed by atoms with E-state index in [0.717, 1.165) is 11.0 Å². The summed E-state index contributed by atoms with van der Waals surface area (Å²) in [6, 6.07) is 11.4. The molecule has 0 aliphatic heterocycles. The molecule has 3 aromatic rings. The molecule has 0 atom stereocenters. The number of aliphatic hydroxyl groups excluding tert-OH is 1. The van der Waals surface area contributed by atoms with Gasteiger partial charge in [-0.15, -0.1) is 0 Å². The molecule has 0 spiro atoms. The van der Waals surface area contributed by atoms with Crippen LogP contribution in [0.2, 0.25) is 5.02 Å². The Labute approximate surface area is 148 Å². The maximum atomic E-state index is 13.2. The molecule has 0 unspecified atom stereocenters. The number of nitrogens with zero attached hydrogens (tertiary/aromatic N) is 2. The first-order valence-corrected chi connectivity index (χ1v) is 8.01. The molecule has 0 aliphatic carbocycles. The quantitative estimate of drug-likeness (QED) is 0.630. The molecular weight excluding hydrogens is 347 g/mol. The number of halogens is 2. The molecule has 0 saturated carbocycles. The van der Waals surface area contributed by atoms with Crippen molar-refractivity contribution in [2.45, 2.75) is 6.54 Å². The van der Waals surface area contributed by atoms with Crippen molar-refractivity contribution in [1.82, 2.24) is 9.55 Å². The van der Waals surface area contributed by atoms with E-state index in [9.17, 15) is 9.18 Å². The van der Waals surface area contributed by atoms with Gasteiger partial charge in [0.05, 0.1) is 22.7 Å². The number of fused-ring (bicyclic) bond motifs is 1. The summed E-state index contributed by atoms with van der Waals surface area (Å²) in [4.78, 5) is 16.8. The first-order valence-electron chi connectivity index (χ1n) is 7.63. The van der Waals surface area contributed by atoms with Crippen LogP contribution in [0.25, 0.3) is 11.0 Å². The molecular formula is C17H16ClFN4O2. The van der Waals surface area contributed by atoms with E-state index in [-0.39, 0.29) is 24.1 Å². The second-order valence-electron chi connectivity index (χ2n) is 5.34. The SMILES string of the molecule is O=C(Cn1c(NCCO)nc2ccccc21)Nc1ccc(F)c(Cl)c1. The van der Waals surface area contributed by atoms with Gasteiger partial charge in [0.1, 0.15) is 12.4 Å².